The Balaban J connectivity index is 1.85. The van der Waals surface area contributed by atoms with E-state index >= 15 is 0 Å². The molecule has 0 bridgehead atoms. The second kappa shape index (κ2) is 10.5. The van der Waals surface area contributed by atoms with Gasteiger partial charge in [-0.25, -0.2) is 0 Å². The van der Waals surface area contributed by atoms with Gasteiger partial charge in [0.05, 0.1) is 0 Å². The summed E-state index contributed by atoms with van der Waals surface area (Å²) in [4.78, 5) is 12.7. The van der Waals surface area contributed by atoms with Gasteiger partial charge >= 0.3 is 0 Å². The summed E-state index contributed by atoms with van der Waals surface area (Å²) in [6.45, 7) is 2.09. The Labute approximate surface area is 199 Å². The predicted molar refractivity (Wildman–Crippen MR) is 128 cm³/mol. The molecular weight excluding hydrogens is 499 g/mol. The number of nitriles is 1. The SMILES string of the molecule is Cc1ccccc1NC(=O)/C(C#N)=C/c1cc(Br)ccc1OCc1ccc(Cl)cc1Cl. The molecule has 31 heavy (non-hydrogen) atoms. The van der Waals surface area contributed by atoms with E-state index < -0.39 is 5.91 Å². The third-order valence-corrected chi connectivity index (χ3v) is 5.51. The number of ether oxygens (including phenoxy) is 1. The Hall–Kier alpha value is -2.78. The summed E-state index contributed by atoms with van der Waals surface area (Å²) in [6, 6.07) is 19.8. The Morgan fingerprint density at radius 1 is 1.16 bits per heavy atom. The van der Waals surface area contributed by atoms with Crippen LogP contribution >= 0.6 is 39.1 Å². The topological polar surface area (TPSA) is 62.1 Å². The summed E-state index contributed by atoms with van der Waals surface area (Å²) in [5.74, 6) is 0.00845. The predicted octanol–water partition coefficient (Wildman–Crippen LogP) is 7.19. The van der Waals surface area contributed by atoms with Crippen LogP contribution in [0.4, 0.5) is 5.69 Å². The zero-order valence-corrected chi connectivity index (χ0v) is 19.6. The van der Waals surface area contributed by atoms with Crippen LogP contribution in [-0.2, 0) is 11.4 Å². The van der Waals surface area contributed by atoms with Crippen molar-refractivity contribution in [3.8, 4) is 11.8 Å². The quantitative estimate of drug-likeness (QED) is 0.279. The molecule has 7 heteroatoms. The minimum atomic E-state index is -0.497. The van der Waals surface area contributed by atoms with Gasteiger partial charge in [0.2, 0.25) is 0 Å². The van der Waals surface area contributed by atoms with E-state index in [1.165, 1.54) is 6.08 Å². The maximum absolute atomic E-state index is 12.7. The fraction of sp³-hybridized carbons (Fsp3) is 0.0833. The molecule has 156 valence electrons. The number of benzene rings is 3. The molecule has 3 rings (SSSR count). The molecule has 0 aliphatic heterocycles. The second-order valence-corrected chi connectivity index (χ2v) is 8.40. The monoisotopic (exact) mass is 514 g/mol. The van der Waals surface area contributed by atoms with Crippen LogP contribution in [0.1, 0.15) is 16.7 Å². The van der Waals surface area contributed by atoms with Crippen molar-refractivity contribution in [1.82, 2.24) is 0 Å². The first kappa shape index (κ1) is 22.9. The van der Waals surface area contributed by atoms with Crippen LogP contribution in [0.2, 0.25) is 10.0 Å². The summed E-state index contributed by atoms with van der Waals surface area (Å²) in [6.07, 6.45) is 1.50. The molecule has 0 saturated carbocycles. The number of hydrogen-bond acceptors (Lipinski definition) is 3. The number of halogens is 3. The molecule has 0 radical (unpaired) electrons. The number of amides is 1. The highest BCUT2D eigenvalue weighted by atomic mass is 79.9. The lowest BCUT2D eigenvalue weighted by Crippen LogP contribution is -2.14. The number of carbonyl (C=O) groups is 1. The molecule has 4 nitrogen and oxygen atoms in total. The minimum absolute atomic E-state index is 0.0456. The molecule has 0 unspecified atom stereocenters. The number of nitrogens with zero attached hydrogens (tertiary/aromatic N) is 1. The number of rotatable bonds is 6. The van der Waals surface area contributed by atoms with E-state index in [4.69, 9.17) is 27.9 Å². The highest BCUT2D eigenvalue weighted by Crippen LogP contribution is 2.28. The highest BCUT2D eigenvalue weighted by Gasteiger charge is 2.13. The number of para-hydroxylation sites is 1. The number of anilines is 1. The molecule has 3 aromatic rings. The second-order valence-electron chi connectivity index (χ2n) is 6.65. The van der Waals surface area contributed by atoms with Gasteiger partial charge in [0, 0.05) is 31.3 Å². The van der Waals surface area contributed by atoms with Crippen molar-refractivity contribution < 1.29 is 9.53 Å². The molecule has 0 saturated heterocycles. The largest absolute Gasteiger partial charge is 0.488 e. The van der Waals surface area contributed by atoms with Gasteiger partial charge < -0.3 is 10.1 Å². The standard InChI is InChI=1S/C24H17BrCl2N2O2/c1-15-4-2-3-5-22(15)29-24(30)18(13-28)10-17-11-19(25)7-9-23(17)31-14-16-6-8-20(26)12-21(16)27/h2-12H,14H2,1H3,(H,29,30)/b18-10+. The molecule has 1 amide bonds. The van der Waals surface area contributed by atoms with Gasteiger partial charge in [-0.1, -0.05) is 63.4 Å². The lowest BCUT2D eigenvalue weighted by atomic mass is 10.1. The molecule has 1 N–H and O–H groups in total. The van der Waals surface area contributed by atoms with Crippen molar-refractivity contribution in [1.29, 1.82) is 5.26 Å². The first-order valence-electron chi connectivity index (χ1n) is 9.22. The van der Waals surface area contributed by atoms with Gasteiger partial charge in [0.25, 0.3) is 5.91 Å². The van der Waals surface area contributed by atoms with E-state index in [1.54, 1.807) is 36.4 Å². The van der Waals surface area contributed by atoms with Crippen molar-refractivity contribution in [2.75, 3.05) is 5.32 Å². The van der Waals surface area contributed by atoms with E-state index in [9.17, 15) is 10.1 Å². The molecule has 0 aliphatic carbocycles. The zero-order valence-electron chi connectivity index (χ0n) is 16.5. The van der Waals surface area contributed by atoms with Crippen molar-refractivity contribution >= 4 is 56.8 Å². The summed E-state index contributed by atoms with van der Waals surface area (Å²) >= 11 is 15.6. The van der Waals surface area contributed by atoms with E-state index in [2.05, 4.69) is 21.2 Å². The zero-order chi connectivity index (χ0) is 22.4. The van der Waals surface area contributed by atoms with Crippen molar-refractivity contribution in [2.45, 2.75) is 13.5 Å². The first-order chi connectivity index (χ1) is 14.9. The Bertz CT molecular complexity index is 1200. The maximum atomic E-state index is 12.7. The molecular formula is C24H17BrCl2N2O2. The molecule has 0 aliphatic rings. The van der Waals surface area contributed by atoms with Gasteiger partial charge in [-0.3, -0.25) is 4.79 Å². The first-order valence-corrected chi connectivity index (χ1v) is 10.8. The van der Waals surface area contributed by atoms with E-state index in [1.807, 2.05) is 37.3 Å². The van der Waals surface area contributed by atoms with Crippen LogP contribution in [0.15, 0.2) is 70.7 Å². The van der Waals surface area contributed by atoms with Crippen LogP contribution in [0.25, 0.3) is 6.08 Å². The number of carbonyl (C=O) groups excluding carboxylic acids is 1. The Kier molecular flexibility index (Phi) is 7.75. The number of nitrogens with one attached hydrogen (secondary N) is 1. The van der Waals surface area contributed by atoms with Crippen LogP contribution in [0, 0.1) is 18.3 Å². The van der Waals surface area contributed by atoms with E-state index in [-0.39, 0.29) is 12.2 Å². The molecule has 0 fully saturated rings. The van der Waals surface area contributed by atoms with Crippen LogP contribution in [0.5, 0.6) is 5.75 Å². The van der Waals surface area contributed by atoms with Crippen LogP contribution in [0.3, 0.4) is 0 Å². The van der Waals surface area contributed by atoms with E-state index in [0.29, 0.717) is 27.0 Å². The average molecular weight is 516 g/mol. The minimum Gasteiger partial charge on any atom is -0.488 e. The van der Waals surface area contributed by atoms with Gasteiger partial charge in [-0.2, -0.15) is 5.26 Å². The van der Waals surface area contributed by atoms with Gasteiger partial charge in [0.15, 0.2) is 0 Å². The summed E-state index contributed by atoms with van der Waals surface area (Å²) < 4.78 is 6.71. The highest BCUT2D eigenvalue weighted by molar-refractivity contribution is 9.10. The van der Waals surface area contributed by atoms with Crippen molar-refractivity contribution in [2.24, 2.45) is 0 Å². The molecule has 0 heterocycles. The Morgan fingerprint density at radius 3 is 2.65 bits per heavy atom. The van der Waals surface area contributed by atoms with Gasteiger partial charge in [0.1, 0.15) is 24.0 Å². The lowest BCUT2D eigenvalue weighted by Gasteiger charge is -2.12. The fourth-order valence-corrected chi connectivity index (χ4v) is 3.61. The van der Waals surface area contributed by atoms with Crippen molar-refractivity contribution in [3.05, 3.63) is 97.4 Å². The summed E-state index contributed by atoms with van der Waals surface area (Å²) in [5.41, 5.74) is 2.85. The average Bonchev–Trinajstić information content (AvgIpc) is 2.74. The van der Waals surface area contributed by atoms with Gasteiger partial charge in [-0.05, 0) is 55.0 Å². The summed E-state index contributed by atoms with van der Waals surface area (Å²) in [7, 11) is 0. The normalized spacial score (nSPS) is 11.0. The number of hydrogen-bond donors (Lipinski definition) is 1. The molecule has 3 aromatic carbocycles. The third-order valence-electron chi connectivity index (χ3n) is 4.43. The van der Waals surface area contributed by atoms with Crippen LogP contribution in [-0.4, -0.2) is 5.91 Å². The van der Waals surface area contributed by atoms with Crippen LogP contribution < -0.4 is 10.1 Å². The smallest absolute Gasteiger partial charge is 0.266 e. The van der Waals surface area contributed by atoms with Gasteiger partial charge in [-0.15, -0.1) is 0 Å². The van der Waals surface area contributed by atoms with Crippen molar-refractivity contribution in [3.63, 3.8) is 0 Å². The molecule has 0 atom stereocenters. The molecule has 0 aromatic heterocycles. The van der Waals surface area contributed by atoms with E-state index in [0.717, 1.165) is 15.6 Å². The molecule has 0 spiro atoms. The fourth-order valence-electron chi connectivity index (χ4n) is 2.76. The third kappa shape index (κ3) is 6.11. The lowest BCUT2D eigenvalue weighted by molar-refractivity contribution is -0.112. The summed E-state index contributed by atoms with van der Waals surface area (Å²) in [5, 5.41) is 13.4. The number of aryl methyl sites for hydroxylation is 1. The maximum Gasteiger partial charge on any atom is 0.266 e. The Morgan fingerprint density at radius 2 is 1.94 bits per heavy atom.